The fourth-order valence-electron chi connectivity index (χ4n) is 1.24. The van der Waals surface area contributed by atoms with Gasteiger partial charge in [-0.05, 0) is 34.9 Å². The summed E-state index contributed by atoms with van der Waals surface area (Å²) in [6.45, 7) is 0. The number of hydrogen-bond acceptors (Lipinski definition) is 2. The smallest absolute Gasteiger partial charge is 0.132 e. The molecule has 0 aliphatic carbocycles. The maximum absolute atomic E-state index is 13.3. The van der Waals surface area contributed by atoms with Gasteiger partial charge in [-0.2, -0.15) is 5.10 Å². The Labute approximate surface area is 88.4 Å². The van der Waals surface area contributed by atoms with Crippen molar-refractivity contribution in [1.82, 2.24) is 10.2 Å². The van der Waals surface area contributed by atoms with Crippen LogP contribution in [0.5, 0.6) is 0 Å². The van der Waals surface area contributed by atoms with Crippen LogP contribution < -0.4 is 0 Å². The summed E-state index contributed by atoms with van der Waals surface area (Å²) in [5.41, 5.74) is 8.36. The summed E-state index contributed by atoms with van der Waals surface area (Å²) >= 11 is 0. The van der Waals surface area contributed by atoms with Gasteiger partial charge in [0.15, 0.2) is 0 Å². The molecule has 0 aliphatic heterocycles. The summed E-state index contributed by atoms with van der Waals surface area (Å²) in [7, 11) is 0. The zero-order valence-corrected chi connectivity index (χ0v) is 7.85. The minimum Gasteiger partial charge on any atom is -0.275 e. The van der Waals surface area contributed by atoms with E-state index in [-0.39, 0.29) is 17.1 Å². The predicted octanol–water partition coefficient (Wildman–Crippen LogP) is 3.30. The number of nitrogens with one attached hydrogen (secondary N) is 1. The normalized spacial score (nSPS) is 9.88. The predicted molar refractivity (Wildman–Crippen MR) is 52.7 cm³/mol. The van der Waals surface area contributed by atoms with Gasteiger partial charge in [-0.15, -0.1) is 0 Å². The van der Waals surface area contributed by atoms with Crippen LogP contribution in [0.1, 0.15) is 0 Å². The average molecular weight is 221 g/mol. The van der Waals surface area contributed by atoms with Gasteiger partial charge in [0.2, 0.25) is 0 Å². The van der Waals surface area contributed by atoms with Gasteiger partial charge in [-0.1, -0.05) is 0 Å². The number of nitrogens with zero attached hydrogens (tertiary/aromatic N) is 4. The Hall–Kier alpha value is -2.40. The van der Waals surface area contributed by atoms with Crippen LogP contribution in [0.25, 0.3) is 21.7 Å². The number of benzene rings is 1. The van der Waals surface area contributed by atoms with Gasteiger partial charge in [0.1, 0.15) is 17.5 Å². The van der Waals surface area contributed by atoms with Gasteiger partial charge >= 0.3 is 0 Å². The molecule has 1 aromatic carbocycles. The molecular weight excluding hydrogens is 216 g/mol. The third-order valence-electron chi connectivity index (χ3n) is 1.92. The standard InChI is InChI=1S/C9H5F2N5/c10-5-1-2-7(11)6(3-5)8-4-9(14-13-8)15-16-12/h1-4H,(H,13,14). The first-order chi connectivity index (χ1) is 7.70. The van der Waals surface area contributed by atoms with Gasteiger partial charge in [0.05, 0.1) is 5.69 Å². The van der Waals surface area contributed by atoms with Crippen LogP contribution in [0.4, 0.5) is 14.6 Å². The summed E-state index contributed by atoms with van der Waals surface area (Å²) in [5.74, 6) is -1.02. The first-order valence-electron chi connectivity index (χ1n) is 4.26. The van der Waals surface area contributed by atoms with Gasteiger partial charge < -0.3 is 0 Å². The summed E-state index contributed by atoms with van der Waals surface area (Å²) < 4.78 is 26.2. The van der Waals surface area contributed by atoms with E-state index in [0.29, 0.717) is 0 Å². The van der Waals surface area contributed by atoms with Crippen molar-refractivity contribution >= 4 is 5.82 Å². The Balaban J connectivity index is 2.49. The lowest BCUT2D eigenvalue weighted by Crippen LogP contribution is -1.86. The minimum atomic E-state index is -0.597. The van der Waals surface area contributed by atoms with E-state index in [1.54, 1.807) is 0 Å². The molecule has 0 unspecified atom stereocenters. The highest BCUT2D eigenvalue weighted by Crippen LogP contribution is 2.24. The van der Waals surface area contributed by atoms with E-state index >= 15 is 0 Å². The number of rotatable bonds is 2. The Bertz CT molecular complexity index is 571. The highest BCUT2D eigenvalue weighted by atomic mass is 19.1. The lowest BCUT2D eigenvalue weighted by Gasteiger charge is -1.98. The van der Waals surface area contributed by atoms with Gasteiger partial charge in [0, 0.05) is 10.5 Å². The molecular formula is C9H5F2N5. The van der Waals surface area contributed by atoms with E-state index in [9.17, 15) is 8.78 Å². The molecule has 1 aromatic heterocycles. The minimum absolute atomic E-state index is 0.00985. The topological polar surface area (TPSA) is 77.4 Å². The van der Waals surface area contributed by atoms with Gasteiger partial charge in [-0.25, -0.2) is 8.78 Å². The zero-order valence-electron chi connectivity index (χ0n) is 7.85. The van der Waals surface area contributed by atoms with Crippen LogP contribution in [-0.2, 0) is 0 Å². The molecule has 0 atom stereocenters. The number of aromatic amines is 1. The van der Waals surface area contributed by atoms with Crippen LogP contribution in [0.15, 0.2) is 29.4 Å². The second kappa shape index (κ2) is 4.00. The molecule has 0 saturated heterocycles. The first-order valence-corrected chi connectivity index (χ1v) is 4.26. The van der Waals surface area contributed by atoms with E-state index in [0.717, 1.165) is 18.2 Å². The molecule has 0 aliphatic rings. The largest absolute Gasteiger partial charge is 0.275 e. The average Bonchev–Trinajstić information content (AvgIpc) is 2.71. The van der Waals surface area contributed by atoms with Gasteiger partial charge in [0.25, 0.3) is 0 Å². The fourth-order valence-corrected chi connectivity index (χ4v) is 1.24. The quantitative estimate of drug-likeness (QED) is 0.471. The molecule has 80 valence electrons. The van der Waals surface area contributed by atoms with Crippen molar-refractivity contribution in [1.29, 1.82) is 0 Å². The Morgan fingerprint density at radius 1 is 1.31 bits per heavy atom. The van der Waals surface area contributed by atoms with E-state index in [2.05, 4.69) is 20.2 Å². The maximum atomic E-state index is 13.3. The van der Waals surface area contributed by atoms with E-state index in [1.807, 2.05) is 0 Å². The zero-order chi connectivity index (χ0) is 11.5. The monoisotopic (exact) mass is 221 g/mol. The first kappa shape index (κ1) is 10.1. The number of azide groups is 1. The maximum Gasteiger partial charge on any atom is 0.132 e. The van der Waals surface area contributed by atoms with E-state index in [4.69, 9.17) is 5.53 Å². The molecule has 7 heteroatoms. The number of H-pyrrole nitrogens is 1. The molecule has 2 aromatic rings. The Morgan fingerprint density at radius 3 is 2.88 bits per heavy atom. The van der Waals surface area contributed by atoms with Crippen LogP contribution >= 0.6 is 0 Å². The van der Waals surface area contributed by atoms with Gasteiger partial charge in [-0.3, -0.25) is 5.10 Å². The molecule has 0 fully saturated rings. The third-order valence-corrected chi connectivity index (χ3v) is 1.92. The SMILES string of the molecule is [N-]=[N+]=Nc1cc(-c2cc(F)ccc2F)n[nH]1. The molecule has 0 saturated carbocycles. The van der Waals surface area contributed by atoms with E-state index < -0.39 is 11.6 Å². The fraction of sp³-hybridized carbons (Fsp3) is 0. The van der Waals surface area contributed by atoms with Crippen molar-refractivity contribution < 1.29 is 8.78 Å². The van der Waals surface area contributed by atoms with Crippen LogP contribution in [0.3, 0.4) is 0 Å². The number of halogens is 2. The Kier molecular flexibility index (Phi) is 2.53. The lowest BCUT2D eigenvalue weighted by molar-refractivity contribution is 0.602. The van der Waals surface area contributed by atoms with E-state index in [1.165, 1.54) is 6.07 Å². The molecule has 0 amide bonds. The summed E-state index contributed by atoms with van der Waals surface area (Å²) in [4.78, 5) is 2.54. The van der Waals surface area contributed by atoms with Crippen molar-refractivity contribution in [3.63, 3.8) is 0 Å². The van der Waals surface area contributed by atoms with Crippen molar-refractivity contribution in [3.05, 3.63) is 46.3 Å². The second-order valence-corrected chi connectivity index (χ2v) is 2.95. The van der Waals surface area contributed by atoms with Crippen molar-refractivity contribution in [2.45, 2.75) is 0 Å². The van der Waals surface area contributed by atoms with Crippen LogP contribution in [-0.4, -0.2) is 10.2 Å². The Morgan fingerprint density at radius 2 is 2.12 bits per heavy atom. The molecule has 5 nitrogen and oxygen atoms in total. The van der Waals surface area contributed by atoms with Crippen LogP contribution in [0.2, 0.25) is 0 Å². The number of hydrogen-bond donors (Lipinski definition) is 1. The summed E-state index contributed by atoms with van der Waals surface area (Å²) in [6.07, 6.45) is 0. The molecule has 0 bridgehead atoms. The molecule has 1 heterocycles. The van der Waals surface area contributed by atoms with Crippen molar-refractivity contribution in [3.8, 4) is 11.3 Å². The van der Waals surface area contributed by atoms with Crippen LogP contribution in [0, 0.1) is 11.6 Å². The highest BCUT2D eigenvalue weighted by molar-refractivity contribution is 5.62. The van der Waals surface area contributed by atoms with Crippen molar-refractivity contribution in [2.24, 2.45) is 5.11 Å². The molecule has 2 rings (SSSR count). The molecule has 1 N–H and O–H groups in total. The molecule has 16 heavy (non-hydrogen) atoms. The molecule has 0 radical (unpaired) electrons. The van der Waals surface area contributed by atoms with Crippen molar-refractivity contribution in [2.75, 3.05) is 0 Å². The molecule has 0 spiro atoms. The highest BCUT2D eigenvalue weighted by Gasteiger charge is 2.09. The summed E-state index contributed by atoms with van der Waals surface area (Å²) in [5, 5.41) is 9.35. The number of aromatic nitrogens is 2. The second-order valence-electron chi connectivity index (χ2n) is 2.95. The lowest BCUT2D eigenvalue weighted by atomic mass is 10.1. The summed E-state index contributed by atoms with van der Waals surface area (Å²) in [6, 6.07) is 4.37. The third kappa shape index (κ3) is 1.84.